The first-order valence-corrected chi connectivity index (χ1v) is 7.75. The number of furan rings is 1. The van der Waals surface area contributed by atoms with E-state index >= 15 is 0 Å². The molecule has 0 aliphatic rings. The minimum Gasteiger partial charge on any atom is -0.467 e. The van der Waals surface area contributed by atoms with Crippen molar-refractivity contribution in [1.82, 2.24) is 20.5 Å². The first kappa shape index (κ1) is 17.7. The Balaban J connectivity index is 1.87. The van der Waals surface area contributed by atoms with Gasteiger partial charge in [0.25, 0.3) is 11.8 Å². The van der Waals surface area contributed by atoms with E-state index in [9.17, 15) is 9.59 Å². The van der Waals surface area contributed by atoms with Crippen LogP contribution in [0.4, 0.5) is 0 Å². The van der Waals surface area contributed by atoms with Gasteiger partial charge in [-0.3, -0.25) is 14.6 Å². The van der Waals surface area contributed by atoms with Crippen molar-refractivity contribution in [3.63, 3.8) is 0 Å². The van der Waals surface area contributed by atoms with Crippen molar-refractivity contribution < 1.29 is 14.0 Å². The summed E-state index contributed by atoms with van der Waals surface area (Å²) in [5.74, 6) is 0.120. The number of carbonyl (C=O) groups excluding carboxylic acids is 2. The van der Waals surface area contributed by atoms with Crippen molar-refractivity contribution in [2.45, 2.75) is 13.0 Å². The normalized spacial score (nSPS) is 10.6. The van der Waals surface area contributed by atoms with Crippen LogP contribution in [0, 0.1) is 0 Å². The Morgan fingerprint density at radius 3 is 2.50 bits per heavy atom. The Hall–Kier alpha value is -2.67. The van der Waals surface area contributed by atoms with Gasteiger partial charge < -0.3 is 20.0 Å². The maximum absolute atomic E-state index is 12.1. The van der Waals surface area contributed by atoms with Crippen molar-refractivity contribution in [3.8, 4) is 0 Å². The number of rotatable bonds is 8. The largest absolute Gasteiger partial charge is 0.467 e. The highest BCUT2D eigenvalue weighted by Gasteiger charge is 2.11. The second-order valence-corrected chi connectivity index (χ2v) is 5.64. The van der Waals surface area contributed by atoms with E-state index in [2.05, 4.69) is 20.5 Å². The first-order chi connectivity index (χ1) is 11.6. The number of hydrogen-bond acceptors (Lipinski definition) is 5. The predicted molar refractivity (Wildman–Crippen MR) is 89.6 cm³/mol. The van der Waals surface area contributed by atoms with Gasteiger partial charge in [-0.2, -0.15) is 0 Å². The van der Waals surface area contributed by atoms with Gasteiger partial charge in [-0.05, 0) is 45.3 Å². The zero-order valence-electron chi connectivity index (χ0n) is 13.9. The Bertz CT molecular complexity index is 668. The molecule has 0 bridgehead atoms. The summed E-state index contributed by atoms with van der Waals surface area (Å²) in [4.78, 5) is 30.2. The number of amides is 2. The molecule has 0 atom stereocenters. The molecule has 2 rings (SSSR count). The first-order valence-electron chi connectivity index (χ1n) is 7.75. The van der Waals surface area contributed by atoms with Crippen molar-refractivity contribution in [2.75, 3.05) is 27.2 Å². The van der Waals surface area contributed by atoms with E-state index in [-0.39, 0.29) is 18.4 Å². The Labute approximate surface area is 141 Å². The van der Waals surface area contributed by atoms with Crippen LogP contribution in [0.3, 0.4) is 0 Å². The van der Waals surface area contributed by atoms with E-state index in [1.54, 1.807) is 18.4 Å². The third kappa shape index (κ3) is 5.51. The fourth-order valence-corrected chi connectivity index (χ4v) is 2.07. The third-order valence-corrected chi connectivity index (χ3v) is 3.33. The van der Waals surface area contributed by atoms with Gasteiger partial charge in [0.1, 0.15) is 5.76 Å². The Morgan fingerprint density at radius 1 is 1.17 bits per heavy atom. The van der Waals surface area contributed by atoms with E-state index in [1.807, 2.05) is 14.1 Å². The average Bonchev–Trinajstić information content (AvgIpc) is 3.10. The number of pyridine rings is 1. The fourth-order valence-electron chi connectivity index (χ4n) is 2.07. The van der Waals surface area contributed by atoms with Gasteiger partial charge in [0.15, 0.2) is 0 Å². The van der Waals surface area contributed by atoms with Gasteiger partial charge in [-0.1, -0.05) is 0 Å². The second kappa shape index (κ2) is 8.83. The highest BCUT2D eigenvalue weighted by atomic mass is 16.3. The molecule has 2 amide bonds. The summed E-state index contributed by atoms with van der Waals surface area (Å²) in [5, 5.41) is 5.54. The zero-order valence-corrected chi connectivity index (χ0v) is 13.9. The molecule has 2 aromatic rings. The molecule has 24 heavy (non-hydrogen) atoms. The van der Waals surface area contributed by atoms with Crippen LogP contribution >= 0.6 is 0 Å². The maximum Gasteiger partial charge on any atom is 0.253 e. The van der Waals surface area contributed by atoms with Crippen LogP contribution in [0.15, 0.2) is 41.3 Å². The maximum atomic E-state index is 12.1. The molecule has 7 heteroatoms. The lowest BCUT2D eigenvalue weighted by molar-refractivity contribution is 0.0947. The molecule has 0 aliphatic carbocycles. The van der Waals surface area contributed by atoms with Gasteiger partial charge in [0.05, 0.1) is 23.9 Å². The summed E-state index contributed by atoms with van der Waals surface area (Å²) >= 11 is 0. The number of aromatic nitrogens is 1. The lowest BCUT2D eigenvalue weighted by Crippen LogP contribution is -2.28. The summed E-state index contributed by atoms with van der Waals surface area (Å²) < 4.78 is 5.16. The lowest BCUT2D eigenvalue weighted by atomic mass is 10.2. The molecule has 0 unspecified atom stereocenters. The van der Waals surface area contributed by atoms with E-state index in [0.29, 0.717) is 23.4 Å². The zero-order chi connectivity index (χ0) is 17.4. The molecule has 0 radical (unpaired) electrons. The van der Waals surface area contributed by atoms with Crippen LogP contribution in [-0.4, -0.2) is 48.9 Å². The summed E-state index contributed by atoms with van der Waals surface area (Å²) in [5.41, 5.74) is 0.702. The monoisotopic (exact) mass is 330 g/mol. The Kier molecular flexibility index (Phi) is 6.51. The summed E-state index contributed by atoms with van der Waals surface area (Å²) in [6.07, 6.45) is 5.28. The van der Waals surface area contributed by atoms with Crippen molar-refractivity contribution in [1.29, 1.82) is 0 Å². The van der Waals surface area contributed by atoms with E-state index in [4.69, 9.17) is 4.42 Å². The summed E-state index contributed by atoms with van der Waals surface area (Å²) in [6, 6.07) is 5.06. The molecule has 0 saturated heterocycles. The molecule has 0 aromatic carbocycles. The molecule has 128 valence electrons. The number of hydrogen-bond donors (Lipinski definition) is 2. The highest BCUT2D eigenvalue weighted by Crippen LogP contribution is 2.05. The molecule has 2 N–H and O–H groups in total. The van der Waals surface area contributed by atoms with E-state index < -0.39 is 0 Å². The van der Waals surface area contributed by atoms with Gasteiger partial charge >= 0.3 is 0 Å². The lowest BCUT2D eigenvalue weighted by Gasteiger charge is -2.10. The van der Waals surface area contributed by atoms with Crippen LogP contribution < -0.4 is 10.6 Å². The van der Waals surface area contributed by atoms with Crippen molar-refractivity contribution in [2.24, 2.45) is 0 Å². The van der Waals surface area contributed by atoms with Gasteiger partial charge in [0.2, 0.25) is 0 Å². The Morgan fingerprint density at radius 2 is 1.88 bits per heavy atom. The minimum absolute atomic E-state index is 0.234. The topological polar surface area (TPSA) is 87.5 Å². The van der Waals surface area contributed by atoms with Crippen LogP contribution in [-0.2, 0) is 6.54 Å². The van der Waals surface area contributed by atoms with E-state index in [0.717, 1.165) is 13.0 Å². The van der Waals surface area contributed by atoms with Crippen molar-refractivity contribution in [3.05, 3.63) is 53.7 Å². The molecule has 2 heterocycles. The minimum atomic E-state index is -0.304. The SMILES string of the molecule is CN(C)CCCNC(=O)c1cncc(C(=O)NCc2ccco2)c1. The number of carbonyl (C=O) groups is 2. The standard InChI is InChI=1S/C17H22N4O3/c1-21(2)7-4-6-19-16(22)13-9-14(11-18-10-13)17(23)20-12-15-5-3-8-24-15/h3,5,8-11H,4,6-7,12H2,1-2H3,(H,19,22)(H,20,23). The van der Waals surface area contributed by atoms with Gasteiger partial charge in [-0.15, -0.1) is 0 Å². The average molecular weight is 330 g/mol. The fraction of sp³-hybridized carbons (Fsp3) is 0.353. The molecule has 0 saturated carbocycles. The van der Waals surface area contributed by atoms with Crippen LogP contribution in [0.2, 0.25) is 0 Å². The summed E-state index contributed by atoms with van der Waals surface area (Å²) in [6.45, 7) is 1.76. The number of nitrogens with zero attached hydrogens (tertiary/aromatic N) is 2. The summed E-state index contributed by atoms with van der Waals surface area (Å²) in [7, 11) is 3.97. The quantitative estimate of drug-likeness (QED) is 0.712. The van der Waals surface area contributed by atoms with Crippen molar-refractivity contribution >= 4 is 11.8 Å². The van der Waals surface area contributed by atoms with E-state index in [1.165, 1.54) is 18.5 Å². The second-order valence-electron chi connectivity index (χ2n) is 5.64. The molecule has 0 aliphatic heterocycles. The molecule has 0 spiro atoms. The third-order valence-electron chi connectivity index (χ3n) is 3.33. The van der Waals surface area contributed by atoms with Crippen LogP contribution in [0.1, 0.15) is 32.9 Å². The van der Waals surface area contributed by atoms with Gasteiger partial charge in [-0.25, -0.2) is 0 Å². The highest BCUT2D eigenvalue weighted by molar-refractivity contribution is 5.99. The molecular formula is C17H22N4O3. The smallest absolute Gasteiger partial charge is 0.253 e. The molecule has 7 nitrogen and oxygen atoms in total. The van der Waals surface area contributed by atoms with Gasteiger partial charge in [0, 0.05) is 18.9 Å². The molecule has 0 fully saturated rings. The van der Waals surface area contributed by atoms with Crippen LogP contribution in [0.5, 0.6) is 0 Å². The number of nitrogens with one attached hydrogen (secondary N) is 2. The molecular weight excluding hydrogens is 308 g/mol. The van der Waals surface area contributed by atoms with Crippen LogP contribution in [0.25, 0.3) is 0 Å². The molecule has 2 aromatic heterocycles. The predicted octanol–water partition coefficient (Wildman–Crippen LogP) is 1.29.